The highest BCUT2D eigenvalue weighted by Gasteiger charge is 2.22. The lowest BCUT2D eigenvalue weighted by molar-refractivity contribution is 0.256. The summed E-state index contributed by atoms with van der Waals surface area (Å²) in [6.07, 6.45) is 0. The highest BCUT2D eigenvalue weighted by Crippen LogP contribution is 2.23. The first-order chi connectivity index (χ1) is 6.80. The Balaban J connectivity index is 2.60. The van der Waals surface area contributed by atoms with Gasteiger partial charge in [-0.15, -0.1) is 0 Å². The van der Waals surface area contributed by atoms with E-state index in [0.717, 1.165) is 11.5 Å². The molecule has 0 amide bonds. The summed E-state index contributed by atoms with van der Waals surface area (Å²) in [6, 6.07) is 4.78. The molecule has 15 heavy (non-hydrogen) atoms. The van der Waals surface area contributed by atoms with E-state index in [2.05, 4.69) is 39.9 Å². The van der Waals surface area contributed by atoms with E-state index < -0.39 is 0 Å². The summed E-state index contributed by atoms with van der Waals surface area (Å²) in [6.45, 7) is 13.1. The van der Waals surface area contributed by atoms with Gasteiger partial charge in [0.2, 0.25) is 0 Å². The third-order valence-corrected chi connectivity index (χ3v) is 2.99. The molecular weight excluding hydrogens is 186 g/mol. The summed E-state index contributed by atoms with van der Waals surface area (Å²) < 4.78 is 5.60. The molecule has 0 aliphatic heterocycles. The van der Waals surface area contributed by atoms with Gasteiger partial charge >= 0.3 is 0 Å². The van der Waals surface area contributed by atoms with Crippen molar-refractivity contribution in [3.63, 3.8) is 0 Å². The van der Waals surface area contributed by atoms with Crippen LogP contribution in [0.1, 0.15) is 52.2 Å². The van der Waals surface area contributed by atoms with Crippen molar-refractivity contribution in [2.45, 2.75) is 53.6 Å². The molecule has 86 valence electrons. The predicted molar refractivity (Wildman–Crippen MR) is 63.9 cm³/mol. The first kappa shape index (κ1) is 12.3. The van der Waals surface area contributed by atoms with Gasteiger partial charge in [-0.2, -0.15) is 0 Å². The molecule has 0 radical (unpaired) electrons. The SMILES string of the molecule is Cc1ccc(C(C)NC(C)C(C)(C)C)o1. The molecule has 0 aromatic carbocycles. The van der Waals surface area contributed by atoms with Crippen LogP contribution in [0.3, 0.4) is 0 Å². The summed E-state index contributed by atoms with van der Waals surface area (Å²) in [5.41, 5.74) is 0.274. The Morgan fingerprint density at radius 3 is 2.20 bits per heavy atom. The van der Waals surface area contributed by atoms with Crippen molar-refractivity contribution >= 4 is 0 Å². The molecule has 0 saturated heterocycles. The monoisotopic (exact) mass is 209 g/mol. The van der Waals surface area contributed by atoms with Gasteiger partial charge in [0, 0.05) is 6.04 Å². The van der Waals surface area contributed by atoms with Crippen LogP contribution in [0, 0.1) is 12.3 Å². The van der Waals surface area contributed by atoms with E-state index >= 15 is 0 Å². The molecule has 1 aromatic heterocycles. The Labute approximate surface area is 93.1 Å². The van der Waals surface area contributed by atoms with Crippen molar-refractivity contribution in [2.75, 3.05) is 0 Å². The van der Waals surface area contributed by atoms with Crippen molar-refractivity contribution < 1.29 is 4.42 Å². The molecule has 0 bridgehead atoms. The van der Waals surface area contributed by atoms with Crippen LogP contribution in [0.4, 0.5) is 0 Å². The molecule has 1 rings (SSSR count). The van der Waals surface area contributed by atoms with E-state index in [4.69, 9.17) is 4.42 Å². The Hall–Kier alpha value is -0.760. The highest BCUT2D eigenvalue weighted by atomic mass is 16.3. The zero-order valence-corrected chi connectivity index (χ0v) is 10.7. The highest BCUT2D eigenvalue weighted by molar-refractivity contribution is 5.09. The van der Waals surface area contributed by atoms with Gasteiger partial charge in [0.25, 0.3) is 0 Å². The topological polar surface area (TPSA) is 25.2 Å². The van der Waals surface area contributed by atoms with Crippen LogP contribution in [-0.4, -0.2) is 6.04 Å². The second-order valence-corrected chi connectivity index (χ2v) is 5.42. The van der Waals surface area contributed by atoms with E-state index in [1.54, 1.807) is 0 Å². The molecule has 2 unspecified atom stereocenters. The van der Waals surface area contributed by atoms with Gasteiger partial charge in [-0.1, -0.05) is 20.8 Å². The van der Waals surface area contributed by atoms with E-state index in [9.17, 15) is 0 Å². The van der Waals surface area contributed by atoms with Crippen molar-refractivity contribution in [3.05, 3.63) is 23.7 Å². The fourth-order valence-electron chi connectivity index (χ4n) is 1.39. The number of nitrogens with one attached hydrogen (secondary N) is 1. The normalized spacial score (nSPS) is 16.4. The summed E-state index contributed by atoms with van der Waals surface area (Å²) in [5, 5.41) is 3.56. The lowest BCUT2D eigenvalue weighted by Crippen LogP contribution is -2.38. The summed E-state index contributed by atoms with van der Waals surface area (Å²) in [7, 11) is 0. The fraction of sp³-hybridized carbons (Fsp3) is 0.692. The van der Waals surface area contributed by atoms with Crippen LogP contribution in [0.5, 0.6) is 0 Å². The maximum atomic E-state index is 5.60. The van der Waals surface area contributed by atoms with Crippen LogP contribution >= 0.6 is 0 Å². The Morgan fingerprint density at radius 2 is 1.80 bits per heavy atom. The summed E-state index contributed by atoms with van der Waals surface area (Å²) in [4.78, 5) is 0. The van der Waals surface area contributed by atoms with Crippen molar-refractivity contribution in [3.8, 4) is 0 Å². The second kappa shape index (κ2) is 4.40. The van der Waals surface area contributed by atoms with Crippen molar-refractivity contribution in [1.29, 1.82) is 0 Å². The lowest BCUT2D eigenvalue weighted by atomic mass is 9.87. The Kier molecular flexibility index (Phi) is 3.61. The number of rotatable bonds is 3. The standard InChI is InChI=1S/C13H23NO/c1-9-7-8-12(15-9)10(2)14-11(3)13(4,5)6/h7-8,10-11,14H,1-6H3. The maximum absolute atomic E-state index is 5.60. The van der Waals surface area contributed by atoms with Gasteiger partial charge < -0.3 is 9.73 Å². The molecule has 1 heterocycles. The Morgan fingerprint density at radius 1 is 1.20 bits per heavy atom. The average Bonchev–Trinajstić information content (AvgIpc) is 2.50. The molecule has 0 aliphatic carbocycles. The van der Waals surface area contributed by atoms with Gasteiger partial charge in [0.05, 0.1) is 6.04 Å². The van der Waals surface area contributed by atoms with Gasteiger partial charge in [0.1, 0.15) is 11.5 Å². The van der Waals surface area contributed by atoms with Gasteiger partial charge in [-0.05, 0) is 38.3 Å². The maximum Gasteiger partial charge on any atom is 0.120 e. The second-order valence-electron chi connectivity index (χ2n) is 5.42. The third kappa shape index (κ3) is 3.38. The van der Waals surface area contributed by atoms with E-state index in [1.165, 1.54) is 0 Å². The molecule has 0 aliphatic rings. The minimum Gasteiger partial charge on any atom is -0.465 e. The molecule has 1 aromatic rings. The molecule has 2 heteroatoms. The molecular formula is C13H23NO. The van der Waals surface area contributed by atoms with Gasteiger partial charge in [-0.25, -0.2) is 0 Å². The largest absolute Gasteiger partial charge is 0.465 e. The van der Waals surface area contributed by atoms with Crippen LogP contribution < -0.4 is 5.32 Å². The lowest BCUT2D eigenvalue weighted by Gasteiger charge is -2.30. The van der Waals surface area contributed by atoms with Gasteiger partial charge in [0.15, 0.2) is 0 Å². The van der Waals surface area contributed by atoms with Crippen molar-refractivity contribution in [1.82, 2.24) is 5.32 Å². The van der Waals surface area contributed by atoms with Crippen LogP contribution in [-0.2, 0) is 0 Å². The first-order valence-electron chi connectivity index (χ1n) is 5.63. The predicted octanol–water partition coefficient (Wildman–Crippen LogP) is 3.67. The number of hydrogen-bond acceptors (Lipinski definition) is 2. The van der Waals surface area contributed by atoms with E-state index in [1.807, 2.05) is 19.1 Å². The number of hydrogen-bond donors (Lipinski definition) is 1. The minimum atomic E-state index is 0.271. The minimum absolute atomic E-state index is 0.271. The zero-order chi connectivity index (χ0) is 11.6. The molecule has 2 nitrogen and oxygen atoms in total. The van der Waals surface area contributed by atoms with Crippen LogP contribution in [0.25, 0.3) is 0 Å². The van der Waals surface area contributed by atoms with Crippen molar-refractivity contribution in [2.24, 2.45) is 5.41 Å². The number of aryl methyl sites for hydroxylation is 1. The summed E-state index contributed by atoms with van der Waals surface area (Å²) in [5.74, 6) is 1.99. The zero-order valence-electron chi connectivity index (χ0n) is 10.7. The van der Waals surface area contributed by atoms with Gasteiger partial charge in [-0.3, -0.25) is 0 Å². The molecule has 0 fully saturated rings. The van der Waals surface area contributed by atoms with Crippen LogP contribution in [0.2, 0.25) is 0 Å². The Bertz CT molecular complexity index is 309. The first-order valence-corrected chi connectivity index (χ1v) is 5.63. The smallest absolute Gasteiger partial charge is 0.120 e. The fourth-order valence-corrected chi connectivity index (χ4v) is 1.39. The van der Waals surface area contributed by atoms with E-state index in [-0.39, 0.29) is 11.5 Å². The van der Waals surface area contributed by atoms with Crippen LogP contribution in [0.15, 0.2) is 16.5 Å². The molecule has 0 spiro atoms. The molecule has 2 atom stereocenters. The average molecular weight is 209 g/mol. The molecule has 0 saturated carbocycles. The molecule has 1 N–H and O–H groups in total. The number of furan rings is 1. The quantitative estimate of drug-likeness (QED) is 0.821. The summed E-state index contributed by atoms with van der Waals surface area (Å²) >= 11 is 0. The third-order valence-electron chi connectivity index (χ3n) is 2.99. The van der Waals surface area contributed by atoms with E-state index in [0.29, 0.717) is 6.04 Å².